The Morgan fingerprint density at radius 3 is 2.50 bits per heavy atom. The van der Waals surface area contributed by atoms with Gasteiger partial charge in [0.2, 0.25) is 0 Å². The van der Waals surface area contributed by atoms with Crippen LogP contribution in [-0.4, -0.2) is 26.8 Å². The molecule has 0 amide bonds. The molecule has 0 saturated carbocycles. The van der Waals surface area contributed by atoms with Gasteiger partial charge >= 0.3 is 0 Å². The molecule has 1 aromatic carbocycles. The molecule has 2 rings (SSSR count). The van der Waals surface area contributed by atoms with E-state index < -0.39 is 0 Å². The highest BCUT2D eigenvalue weighted by Crippen LogP contribution is 2.42. The maximum atomic E-state index is 5.58. The van der Waals surface area contributed by atoms with E-state index in [0.717, 1.165) is 19.8 Å². The summed E-state index contributed by atoms with van der Waals surface area (Å²) >= 11 is 0. The van der Waals surface area contributed by atoms with Crippen molar-refractivity contribution in [2.45, 2.75) is 26.2 Å². The van der Waals surface area contributed by atoms with E-state index in [1.54, 1.807) is 0 Å². The molecule has 1 aromatic rings. The van der Waals surface area contributed by atoms with Gasteiger partial charge in [0.1, 0.15) is 0 Å². The number of nitrogens with one attached hydrogen (secondary N) is 1. The molecule has 2 nitrogen and oxygen atoms in total. The van der Waals surface area contributed by atoms with Gasteiger partial charge < -0.3 is 10.1 Å². The Balaban J connectivity index is 2.34. The topological polar surface area (TPSA) is 21.3 Å². The minimum atomic E-state index is 0.212. The molecular formula is C16H25NO. The zero-order valence-corrected chi connectivity index (χ0v) is 12.0. The lowest BCUT2D eigenvalue weighted by atomic mass is 9.64. The van der Waals surface area contributed by atoms with Crippen molar-refractivity contribution >= 4 is 0 Å². The van der Waals surface area contributed by atoms with Crippen LogP contribution in [0.25, 0.3) is 0 Å². The van der Waals surface area contributed by atoms with Crippen molar-refractivity contribution in [2.75, 3.05) is 26.8 Å². The second kappa shape index (κ2) is 5.41. The third kappa shape index (κ3) is 2.32. The third-order valence-electron chi connectivity index (χ3n) is 4.25. The summed E-state index contributed by atoms with van der Waals surface area (Å²) in [5.74, 6) is 1.28. The van der Waals surface area contributed by atoms with Crippen LogP contribution in [0.15, 0.2) is 24.3 Å². The molecule has 1 atom stereocenters. The summed E-state index contributed by atoms with van der Waals surface area (Å²) in [4.78, 5) is 0. The molecule has 1 N–H and O–H groups in total. The number of ether oxygens (including phenoxy) is 1. The quantitative estimate of drug-likeness (QED) is 0.864. The molecule has 0 bridgehead atoms. The highest BCUT2D eigenvalue weighted by atomic mass is 16.5. The molecule has 2 heteroatoms. The fourth-order valence-electron chi connectivity index (χ4n) is 3.16. The normalized spacial score (nSPS) is 19.6. The van der Waals surface area contributed by atoms with Crippen LogP contribution in [0.2, 0.25) is 0 Å². The van der Waals surface area contributed by atoms with Gasteiger partial charge in [-0.05, 0) is 37.9 Å². The van der Waals surface area contributed by atoms with Gasteiger partial charge in [-0.25, -0.2) is 0 Å². The molecule has 0 radical (unpaired) electrons. The highest BCUT2D eigenvalue weighted by molar-refractivity contribution is 5.33. The number of aryl methyl sites for hydroxylation is 1. The van der Waals surface area contributed by atoms with Crippen LogP contribution in [0.3, 0.4) is 0 Å². The Morgan fingerprint density at radius 2 is 2.06 bits per heavy atom. The van der Waals surface area contributed by atoms with E-state index in [4.69, 9.17) is 4.74 Å². The summed E-state index contributed by atoms with van der Waals surface area (Å²) in [5.41, 5.74) is 3.00. The lowest BCUT2D eigenvalue weighted by Gasteiger charge is -2.49. The lowest BCUT2D eigenvalue weighted by molar-refractivity contribution is -0.0995. The third-order valence-corrected chi connectivity index (χ3v) is 4.25. The Labute approximate surface area is 111 Å². The minimum Gasteiger partial charge on any atom is -0.379 e. The predicted octanol–water partition coefficient (Wildman–Crippen LogP) is 2.75. The molecule has 1 unspecified atom stereocenters. The summed E-state index contributed by atoms with van der Waals surface area (Å²) in [5, 5.41) is 3.35. The van der Waals surface area contributed by atoms with E-state index in [9.17, 15) is 0 Å². The Kier molecular flexibility index (Phi) is 4.08. The molecule has 18 heavy (non-hydrogen) atoms. The second-order valence-electron chi connectivity index (χ2n) is 5.93. The van der Waals surface area contributed by atoms with Gasteiger partial charge in [0.05, 0.1) is 13.2 Å². The van der Waals surface area contributed by atoms with Crippen LogP contribution in [-0.2, 0) is 10.2 Å². The van der Waals surface area contributed by atoms with Crippen molar-refractivity contribution in [3.63, 3.8) is 0 Å². The number of rotatable bonds is 5. The van der Waals surface area contributed by atoms with Crippen LogP contribution < -0.4 is 5.32 Å². The maximum absolute atomic E-state index is 5.58. The first-order chi connectivity index (χ1) is 8.60. The minimum absolute atomic E-state index is 0.212. The summed E-state index contributed by atoms with van der Waals surface area (Å²) in [7, 11) is 2.04. The molecule has 1 heterocycles. The van der Waals surface area contributed by atoms with E-state index in [0.29, 0.717) is 11.8 Å². The average molecular weight is 247 g/mol. The standard InChI is InChI=1S/C16H25NO/c1-12(2)15(9-17-4)16(10-18-11-16)14-7-5-6-13(3)8-14/h5-8,12,15,17H,9-11H2,1-4H3. The van der Waals surface area contributed by atoms with Crippen molar-refractivity contribution in [3.05, 3.63) is 35.4 Å². The zero-order chi connectivity index (χ0) is 13.2. The van der Waals surface area contributed by atoms with Crippen molar-refractivity contribution < 1.29 is 4.74 Å². The Morgan fingerprint density at radius 1 is 1.33 bits per heavy atom. The van der Waals surface area contributed by atoms with Crippen molar-refractivity contribution in [3.8, 4) is 0 Å². The first-order valence-corrected chi connectivity index (χ1v) is 6.89. The van der Waals surface area contributed by atoms with E-state index >= 15 is 0 Å². The van der Waals surface area contributed by atoms with Crippen LogP contribution in [0.4, 0.5) is 0 Å². The van der Waals surface area contributed by atoms with Crippen LogP contribution in [0, 0.1) is 18.8 Å². The van der Waals surface area contributed by atoms with Gasteiger partial charge in [-0.2, -0.15) is 0 Å². The van der Waals surface area contributed by atoms with Crippen molar-refractivity contribution in [1.82, 2.24) is 5.32 Å². The van der Waals surface area contributed by atoms with E-state index in [1.165, 1.54) is 11.1 Å². The van der Waals surface area contributed by atoms with E-state index in [2.05, 4.69) is 50.4 Å². The average Bonchev–Trinajstić information content (AvgIpc) is 2.26. The number of benzene rings is 1. The molecule has 0 aliphatic carbocycles. The highest BCUT2D eigenvalue weighted by Gasteiger charge is 2.47. The summed E-state index contributed by atoms with van der Waals surface area (Å²) in [6.45, 7) is 9.58. The van der Waals surface area contributed by atoms with Gasteiger partial charge in [0.25, 0.3) is 0 Å². The first kappa shape index (κ1) is 13.6. The lowest BCUT2D eigenvalue weighted by Crippen LogP contribution is -2.56. The maximum Gasteiger partial charge on any atom is 0.0588 e. The Hall–Kier alpha value is -0.860. The largest absolute Gasteiger partial charge is 0.379 e. The Bertz CT molecular complexity index is 396. The van der Waals surface area contributed by atoms with Crippen LogP contribution >= 0.6 is 0 Å². The second-order valence-corrected chi connectivity index (χ2v) is 5.93. The van der Waals surface area contributed by atoms with Gasteiger partial charge in [-0.3, -0.25) is 0 Å². The zero-order valence-electron chi connectivity index (χ0n) is 12.0. The van der Waals surface area contributed by atoms with Crippen molar-refractivity contribution in [1.29, 1.82) is 0 Å². The van der Waals surface area contributed by atoms with Crippen molar-refractivity contribution in [2.24, 2.45) is 11.8 Å². The smallest absolute Gasteiger partial charge is 0.0588 e. The van der Waals surface area contributed by atoms with E-state index in [-0.39, 0.29) is 5.41 Å². The SMILES string of the molecule is CNCC(C(C)C)C1(c2cccc(C)c2)COC1. The van der Waals surface area contributed by atoms with Gasteiger partial charge in [0, 0.05) is 5.41 Å². The summed E-state index contributed by atoms with van der Waals surface area (Å²) in [6, 6.07) is 8.93. The van der Waals surface area contributed by atoms with Gasteiger partial charge in [0.15, 0.2) is 0 Å². The monoisotopic (exact) mass is 247 g/mol. The first-order valence-electron chi connectivity index (χ1n) is 6.89. The molecule has 1 aliphatic rings. The molecule has 100 valence electrons. The molecule has 1 saturated heterocycles. The molecule has 0 aromatic heterocycles. The molecule has 1 aliphatic heterocycles. The molecule has 1 fully saturated rings. The number of hydrogen-bond donors (Lipinski definition) is 1. The number of hydrogen-bond acceptors (Lipinski definition) is 2. The fraction of sp³-hybridized carbons (Fsp3) is 0.625. The van der Waals surface area contributed by atoms with Gasteiger partial charge in [-0.15, -0.1) is 0 Å². The van der Waals surface area contributed by atoms with Gasteiger partial charge in [-0.1, -0.05) is 43.7 Å². The van der Waals surface area contributed by atoms with E-state index in [1.807, 2.05) is 7.05 Å². The predicted molar refractivity (Wildman–Crippen MR) is 75.9 cm³/mol. The summed E-state index contributed by atoms with van der Waals surface area (Å²) < 4.78 is 5.58. The fourth-order valence-corrected chi connectivity index (χ4v) is 3.16. The van der Waals surface area contributed by atoms with Crippen LogP contribution in [0.5, 0.6) is 0 Å². The molecular weight excluding hydrogens is 222 g/mol. The van der Waals surface area contributed by atoms with Crippen LogP contribution in [0.1, 0.15) is 25.0 Å². The molecule has 0 spiro atoms. The summed E-state index contributed by atoms with van der Waals surface area (Å²) in [6.07, 6.45) is 0.